The highest BCUT2D eigenvalue weighted by atomic mass is 16.7. The van der Waals surface area contributed by atoms with Crippen molar-refractivity contribution in [2.24, 2.45) is 0 Å². The van der Waals surface area contributed by atoms with Crippen molar-refractivity contribution < 1.29 is 9.57 Å². The number of hydrogen-bond donors (Lipinski definition) is 0. The molecule has 3 heteroatoms. The fourth-order valence-corrected chi connectivity index (χ4v) is 2.24. The molecular formula is C20H27NO2. The van der Waals surface area contributed by atoms with Crippen LogP contribution in [0.2, 0.25) is 0 Å². The molecule has 0 saturated carbocycles. The van der Waals surface area contributed by atoms with E-state index in [-0.39, 0.29) is 0 Å². The third-order valence-corrected chi connectivity index (χ3v) is 3.73. The first-order valence-electron chi connectivity index (χ1n) is 8.24. The highest BCUT2D eigenvalue weighted by Gasteiger charge is 2.05. The molecule has 1 aromatic carbocycles. The lowest BCUT2D eigenvalue weighted by atomic mass is 10.2. The summed E-state index contributed by atoms with van der Waals surface area (Å²) >= 11 is 0. The van der Waals surface area contributed by atoms with Crippen LogP contribution < -0.4 is 0 Å². The predicted molar refractivity (Wildman–Crippen MR) is 94.5 cm³/mol. The van der Waals surface area contributed by atoms with Crippen LogP contribution >= 0.6 is 0 Å². The van der Waals surface area contributed by atoms with Crippen molar-refractivity contribution in [1.82, 2.24) is 5.06 Å². The summed E-state index contributed by atoms with van der Waals surface area (Å²) in [6.07, 6.45) is 9.02. The van der Waals surface area contributed by atoms with E-state index in [2.05, 4.69) is 50.8 Å². The molecule has 1 aliphatic rings. The molecule has 0 aliphatic carbocycles. The zero-order valence-corrected chi connectivity index (χ0v) is 14.3. The number of nitrogens with zero attached hydrogens (tertiary/aromatic N) is 1. The van der Waals surface area contributed by atoms with Crippen molar-refractivity contribution >= 4 is 0 Å². The van der Waals surface area contributed by atoms with E-state index in [1.54, 1.807) is 0 Å². The minimum absolute atomic E-state index is 0.683. The summed E-state index contributed by atoms with van der Waals surface area (Å²) in [6.45, 7) is 10.4. The van der Waals surface area contributed by atoms with Gasteiger partial charge in [-0.3, -0.25) is 0 Å². The molecule has 3 nitrogen and oxygen atoms in total. The molecule has 2 rings (SSSR count). The topological polar surface area (TPSA) is 21.7 Å². The maximum Gasteiger partial charge on any atom is 0.125 e. The summed E-state index contributed by atoms with van der Waals surface area (Å²) in [5.41, 5.74) is 3.77. The Labute approximate surface area is 139 Å². The molecule has 0 fully saturated rings. The summed E-state index contributed by atoms with van der Waals surface area (Å²) in [7, 11) is 0. The van der Waals surface area contributed by atoms with Gasteiger partial charge in [0.15, 0.2) is 0 Å². The zero-order chi connectivity index (χ0) is 16.5. The number of allylic oxidation sites excluding steroid dienone is 3. The fourth-order valence-electron chi connectivity index (χ4n) is 2.24. The summed E-state index contributed by atoms with van der Waals surface area (Å²) < 4.78 is 5.70. The van der Waals surface area contributed by atoms with Gasteiger partial charge in [-0.1, -0.05) is 48.1 Å². The largest absolute Gasteiger partial charge is 0.385 e. The van der Waals surface area contributed by atoms with Crippen LogP contribution in [-0.2, 0) is 16.2 Å². The molecule has 1 aliphatic heterocycles. The Morgan fingerprint density at radius 3 is 2.65 bits per heavy atom. The summed E-state index contributed by atoms with van der Waals surface area (Å²) in [5.74, 6) is 0.807. The first kappa shape index (κ1) is 17.4. The van der Waals surface area contributed by atoms with Gasteiger partial charge in [0.2, 0.25) is 0 Å². The van der Waals surface area contributed by atoms with E-state index in [9.17, 15) is 0 Å². The molecule has 0 spiro atoms. The molecule has 0 radical (unpaired) electrons. The molecule has 0 N–H and O–H groups in total. The van der Waals surface area contributed by atoms with Gasteiger partial charge in [0.25, 0.3) is 0 Å². The Kier molecular flexibility index (Phi) is 6.95. The van der Waals surface area contributed by atoms with Crippen LogP contribution in [0.5, 0.6) is 0 Å². The Morgan fingerprint density at radius 1 is 1.17 bits per heavy atom. The van der Waals surface area contributed by atoms with Gasteiger partial charge in [0, 0.05) is 19.2 Å². The SMILES string of the molecule is C=C(CCCCOCc1ccc(C)cc1)ON1C=CC(C)=CC1. The Balaban J connectivity index is 1.51. The number of ether oxygens (including phenoxy) is 1. The summed E-state index contributed by atoms with van der Waals surface area (Å²) in [6, 6.07) is 8.47. The van der Waals surface area contributed by atoms with Crippen LogP contribution in [0.15, 0.2) is 60.5 Å². The molecule has 23 heavy (non-hydrogen) atoms. The molecule has 0 bridgehead atoms. The van der Waals surface area contributed by atoms with Gasteiger partial charge in [-0.05, 0) is 38.3 Å². The number of benzene rings is 1. The third-order valence-electron chi connectivity index (χ3n) is 3.73. The minimum atomic E-state index is 0.683. The number of hydrogen-bond acceptors (Lipinski definition) is 3. The van der Waals surface area contributed by atoms with Crippen molar-refractivity contribution in [1.29, 1.82) is 0 Å². The average molecular weight is 313 g/mol. The summed E-state index contributed by atoms with van der Waals surface area (Å²) in [4.78, 5) is 5.69. The van der Waals surface area contributed by atoms with Crippen molar-refractivity contribution in [3.8, 4) is 0 Å². The first-order chi connectivity index (χ1) is 11.1. The van der Waals surface area contributed by atoms with Crippen molar-refractivity contribution in [2.45, 2.75) is 39.7 Å². The number of aryl methyl sites for hydroxylation is 1. The lowest BCUT2D eigenvalue weighted by Crippen LogP contribution is -2.19. The van der Waals surface area contributed by atoms with Gasteiger partial charge in [0.05, 0.1) is 13.2 Å². The van der Waals surface area contributed by atoms with Gasteiger partial charge in [0.1, 0.15) is 5.76 Å². The zero-order valence-electron chi connectivity index (χ0n) is 14.3. The quantitative estimate of drug-likeness (QED) is 0.478. The molecule has 0 unspecified atom stereocenters. The monoisotopic (exact) mass is 313 g/mol. The Bertz CT molecular complexity index is 558. The lowest BCUT2D eigenvalue weighted by molar-refractivity contribution is -0.0706. The number of hydroxylamine groups is 2. The van der Waals surface area contributed by atoms with E-state index in [0.717, 1.165) is 38.2 Å². The predicted octanol–water partition coefficient (Wildman–Crippen LogP) is 4.90. The van der Waals surface area contributed by atoms with Gasteiger partial charge in [-0.25, -0.2) is 5.06 Å². The summed E-state index contributed by atoms with van der Waals surface area (Å²) in [5, 5.41) is 1.81. The van der Waals surface area contributed by atoms with Crippen molar-refractivity contribution in [3.05, 3.63) is 71.7 Å². The molecule has 1 aromatic rings. The van der Waals surface area contributed by atoms with Crippen LogP contribution in [0.4, 0.5) is 0 Å². The van der Waals surface area contributed by atoms with Gasteiger partial charge >= 0.3 is 0 Å². The molecular weight excluding hydrogens is 286 g/mol. The Morgan fingerprint density at radius 2 is 1.96 bits per heavy atom. The van der Waals surface area contributed by atoms with Crippen LogP contribution in [0.3, 0.4) is 0 Å². The normalized spacial score (nSPS) is 13.8. The molecule has 0 saturated heterocycles. The standard InChI is InChI=1S/C20H27NO2/c1-17-7-9-20(10-8-17)16-22-15-5-4-6-19(3)23-21-13-11-18(2)12-14-21/h7-13H,3-6,14-16H2,1-2H3. The van der Waals surface area contributed by atoms with Crippen LogP contribution in [-0.4, -0.2) is 18.2 Å². The van der Waals surface area contributed by atoms with Gasteiger partial charge in [-0.2, -0.15) is 0 Å². The highest BCUT2D eigenvalue weighted by Crippen LogP contribution is 2.13. The maximum atomic E-state index is 5.70. The average Bonchev–Trinajstić information content (AvgIpc) is 2.54. The molecule has 1 heterocycles. The molecule has 0 aromatic heterocycles. The van der Waals surface area contributed by atoms with E-state index < -0.39 is 0 Å². The highest BCUT2D eigenvalue weighted by molar-refractivity contribution is 5.20. The van der Waals surface area contributed by atoms with E-state index in [0.29, 0.717) is 6.61 Å². The van der Waals surface area contributed by atoms with Crippen molar-refractivity contribution in [3.63, 3.8) is 0 Å². The smallest absolute Gasteiger partial charge is 0.125 e. The van der Waals surface area contributed by atoms with E-state index >= 15 is 0 Å². The van der Waals surface area contributed by atoms with Crippen LogP contribution in [0, 0.1) is 6.92 Å². The van der Waals surface area contributed by atoms with E-state index in [1.165, 1.54) is 16.7 Å². The van der Waals surface area contributed by atoms with E-state index in [4.69, 9.17) is 9.57 Å². The number of rotatable bonds is 9. The fraction of sp³-hybridized carbons (Fsp3) is 0.400. The second kappa shape index (κ2) is 9.21. The molecule has 0 atom stereocenters. The van der Waals surface area contributed by atoms with E-state index in [1.807, 2.05) is 17.3 Å². The van der Waals surface area contributed by atoms with Gasteiger partial charge < -0.3 is 9.57 Å². The second-order valence-corrected chi connectivity index (χ2v) is 5.99. The maximum absolute atomic E-state index is 5.70. The molecule has 124 valence electrons. The lowest BCUT2D eigenvalue weighted by Gasteiger charge is -2.23. The Hall–Kier alpha value is -2.00. The third kappa shape index (κ3) is 6.74. The molecule has 0 amide bonds. The van der Waals surface area contributed by atoms with Gasteiger partial charge in [-0.15, -0.1) is 0 Å². The minimum Gasteiger partial charge on any atom is -0.385 e. The van der Waals surface area contributed by atoms with Crippen molar-refractivity contribution in [2.75, 3.05) is 13.2 Å². The van der Waals surface area contributed by atoms with Crippen LogP contribution in [0.1, 0.15) is 37.3 Å². The number of unbranched alkanes of at least 4 members (excludes halogenated alkanes) is 1. The second-order valence-electron chi connectivity index (χ2n) is 5.99. The first-order valence-corrected chi connectivity index (χ1v) is 8.24. The van der Waals surface area contributed by atoms with Crippen LogP contribution in [0.25, 0.3) is 0 Å².